The fraction of sp³-hybridized carbons (Fsp3) is 0.348. The summed E-state index contributed by atoms with van der Waals surface area (Å²) in [5.74, 6) is -2.33. The van der Waals surface area contributed by atoms with Gasteiger partial charge in [0.1, 0.15) is 12.3 Å². The Hall–Kier alpha value is -3.31. The number of nitrogens with zero attached hydrogens (tertiary/aromatic N) is 2. The van der Waals surface area contributed by atoms with Crippen molar-refractivity contribution in [2.75, 3.05) is 39.8 Å². The van der Waals surface area contributed by atoms with E-state index in [1.54, 1.807) is 41.2 Å². The second-order valence-electron chi connectivity index (χ2n) is 7.46. The van der Waals surface area contributed by atoms with E-state index in [4.69, 9.17) is 26.2 Å². The third kappa shape index (κ3) is 9.10. The van der Waals surface area contributed by atoms with Crippen molar-refractivity contribution in [1.29, 1.82) is 0 Å². The summed E-state index contributed by atoms with van der Waals surface area (Å²) in [4.78, 5) is 38.2. The van der Waals surface area contributed by atoms with Crippen molar-refractivity contribution in [2.24, 2.45) is 0 Å². The maximum Gasteiger partial charge on any atom is 0.490 e. The van der Waals surface area contributed by atoms with Gasteiger partial charge in [0.25, 0.3) is 5.91 Å². The number of halogens is 4. The standard InChI is InChI=1S/C21H24ClN3O3.C2HF3O2/c1-28-19-7-2-4-16(12-19)14-25(15-20(26)24-10-8-23-9-11-24)21(27)17-5-3-6-18(22)13-17;3-2(4,5)1(6)7/h2-7,12-13,23H,8-11,14-15H2,1H3;(H,6,7). The molecular weight excluding hydrogens is 491 g/mol. The van der Waals surface area contributed by atoms with Crippen LogP contribution in [0.1, 0.15) is 15.9 Å². The molecule has 12 heteroatoms. The Morgan fingerprint density at radius 1 is 1.11 bits per heavy atom. The Balaban J connectivity index is 0.000000540. The Labute approximate surface area is 205 Å². The van der Waals surface area contributed by atoms with Crippen LogP contribution < -0.4 is 10.1 Å². The first kappa shape index (κ1) is 27.9. The minimum absolute atomic E-state index is 0.0164. The summed E-state index contributed by atoms with van der Waals surface area (Å²) >= 11 is 6.05. The maximum atomic E-state index is 13.1. The Bertz CT molecular complexity index is 1030. The third-order valence-corrected chi connectivity index (χ3v) is 5.14. The summed E-state index contributed by atoms with van der Waals surface area (Å²) in [6.07, 6.45) is -5.08. The number of methoxy groups -OCH3 is 1. The molecule has 0 aromatic heterocycles. The van der Waals surface area contributed by atoms with Crippen LogP contribution >= 0.6 is 11.6 Å². The van der Waals surface area contributed by atoms with Crippen LogP contribution in [-0.2, 0) is 16.1 Å². The smallest absolute Gasteiger partial charge is 0.490 e. The number of amides is 2. The van der Waals surface area contributed by atoms with Crippen molar-refractivity contribution < 1.29 is 37.4 Å². The van der Waals surface area contributed by atoms with Gasteiger partial charge in [-0.05, 0) is 35.9 Å². The Morgan fingerprint density at radius 3 is 2.31 bits per heavy atom. The highest BCUT2D eigenvalue weighted by Crippen LogP contribution is 2.18. The predicted octanol–water partition coefficient (Wildman–Crippen LogP) is 3.06. The van der Waals surface area contributed by atoms with Crippen LogP contribution in [0.25, 0.3) is 0 Å². The van der Waals surface area contributed by atoms with Gasteiger partial charge in [0, 0.05) is 43.3 Å². The van der Waals surface area contributed by atoms with Gasteiger partial charge in [-0.25, -0.2) is 4.79 Å². The van der Waals surface area contributed by atoms with E-state index in [1.165, 1.54) is 0 Å². The Kier molecular flexibility index (Phi) is 10.3. The van der Waals surface area contributed by atoms with Crippen molar-refractivity contribution in [3.8, 4) is 5.75 Å². The van der Waals surface area contributed by atoms with Crippen LogP contribution in [0.2, 0.25) is 5.02 Å². The van der Waals surface area contributed by atoms with Crippen molar-refractivity contribution >= 4 is 29.4 Å². The van der Waals surface area contributed by atoms with E-state index in [0.717, 1.165) is 18.7 Å². The molecule has 1 aliphatic rings. The first-order valence-electron chi connectivity index (χ1n) is 10.5. The maximum absolute atomic E-state index is 13.1. The summed E-state index contributed by atoms with van der Waals surface area (Å²) in [5.41, 5.74) is 1.35. The lowest BCUT2D eigenvalue weighted by molar-refractivity contribution is -0.192. The molecule has 2 aromatic carbocycles. The lowest BCUT2D eigenvalue weighted by atomic mass is 10.1. The monoisotopic (exact) mass is 515 g/mol. The average Bonchev–Trinajstić information content (AvgIpc) is 2.83. The molecule has 8 nitrogen and oxygen atoms in total. The molecule has 190 valence electrons. The van der Waals surface area contributed by atoms with Gasteiger partial charge in [0.05, 0.1) is 7.11 Å². The summed E-state index contributed by atoms with van der Waals surface area (Å²) in [6, 6.07) is 14.3. The van der Waals surface area contributed by atoms with Gasteiger partial charge in [-0.3, -0.25) is 9.59 Å². The largest absolute Gasteiger partial charge is 0.497 e. The topological polar surface area (TPSA) is 99.2 Å². The van der Waals surface area contributed by atoms with Crippen molar-refractivity contribution in [3.63, 3.8) is 0 Å². The number of piperazine rings is 1. The minimum atomic E-state index is -5.08. The number of hydrogen-bond donors (Lipinski definition) is 2. The number of carboxylic acid groups (broad SMARTS) is 1. The lowest BCUT2D eigenvalue weighted by Gasteiger charge is -2.30. The zero-order valence-corrected chi connectivity index (χ0v) is 19.6. The molecule has 2 amide bonds. The summed E-state index contributed by atoms with van der Waals surface area (Å²) in [7, 11) is 1.60. The van der Waals surface area contributed by atoms with Gasteiger partial charge in [-0.2, -0.15) is 13.2 Å². The van der Waals surface area contributed by atoms with E-state index >= 15 is 0 Å². The third-order valence-electron chi connectivity index (χ3n) is 4.90. The van der Waals surface area contributed by atoms with Crippen LogP contribution in [0.5, 0.6) is 5.75 Å². The van der Waals surface area contributed by atoms with Crippen molar-refractivity contribution in [3.05, 3.63) is 64.7 Å². The SMILES string of the molecule is COc1cccc(CN(CC(=O)N2CCNCC2)C(=O)c2cccc(Cl)c2)c1.O=C(O)C(F)(F)F. The highest BCUT2D eigenvalue weighted by molar-refractivity contribution is 6.31. The molecular formula is C23H25ClF3N3O5. The average molecular weight is 516 g/mol. The van der Waals surface area contributed by atoms with E-state index in [2.05, 4.69) is 5.32 Å². The number of carbonyl (C=O) groups is 3. The van der Waals surface area contributed by atoms with Crippen LogP contribution in [0.3, 0.4) is 0 Å². The van der Waals surface area contributed by atoms with Gasteiger partial charge in [-0.1, -0.05) is 29.8 Å². The number of ether oxygens (including phenoxy) is 1. The summed E-state index contributed by atoms with van der Waals surface area (Å²) in [5, 5.41) is 10.8. The molecule has 0 spiro atoms. The molecule has 0 saturated carbocycles. The fourth-order valence-electron chi connectivity index (χ4n) is 3.17. The van der Waals surface area contributed by atoms with E-state index in [0.29, 0.717) is 36.0 Å². The number of hydrogen-bond acceptors (Lipinski definition) is 5. The van der Waals surface area contributed by atoms with Gasteiger partial charge in [0.2, 0.25) is 5.91 Å². The molecule has 1 saturated heterocycles. The molecule has 35 heavy (non-hydrogen) atoms. The number of rotatable bonds is 6. The normalized spacial score (nSPS) is 13.3. The van der Waals surface area contributed by atoms with Crippen molar-refractivity contribution in [2.45, 2.75) is 12.7 Å². The van der Waals surface area contributed by atoms with Gasteiger partial charge >= 0.3 is 12.1 Å². The number of carboxylic acids is 1. The molecule has 0 atom stereocenters. The zero-order chi connectivity index (χ0) is 26.0. The van der Waals surface area contributed by atoms with Crippen LogP contribution in [0.15, 0.2) is 48.5 Å². The second-order valence-corrected chi connectivity index (χ2v) is 7.89. The number of alkyl halides is 3. The molecule has 0 bridgehead atoms. The molecule has 0 unspecified atom stereocenters. The Morgan fingerprint density at radius 2 is 1.74 bits per heavy atom. The van der Waals surface area contributed by atoms with Gasteiger partial charge < -0.3 is 25.0 Å². The highest BCUT2D eigenvalue weighted by Gasteiger charge is 2.38. The zero-order valence-electron chi connectivity index (χ0n) is 18.8. The van der Waals surface area contributed by atoms with E-state index in [-0.39, 0.29) is 18.4 Å². The number of carbonyl (C=O) groups excluding carboxylic acids is 2. The van der Waals surface area contributed by atoms with E-state index in [1.807, 2.05) is 24.3 Å². The van der Waals surface area contributed by atoms with Crippen LogP contribution in [0, 0.1) is 0 Å². The first-order valence-corrected chi connectivity index (χ1v) is 10.9. The van der Waals surface area contributed by atoms with Gasteiger partial charge in [-0.15, -0.1) is 0 Å². The summed E-state index contributed by atoms with van der Waals surface area (Å²) in [6.45, 7) is 3.16. The summed E-state index contributed by atoms with van der Waals surface area (Å²) < 4.78 is 37.0. The van der Waals surface area contributed by atoms with Crippen LogP contribution in [-0.4, -0.2) is 78.7 Å². The van der Waals surface area contributed by atoms with Crippen LogP contribution in [0.4, 0.5) is 13.2 Å². The molecule has 1 aliphatic heterocycles. The second kappa shape index (κ2) is 13.0. The quantitative estimate of drug-likeness (QED) is 0.613. The number of benzene rings is 2. The number of aliphatic carboxylic acids is 1. The lowest BCUT2D eigenvalue weighted by Crippen LogP contribution is -2.50. The molecule has 2 aromatic rings. The van der Waals surface area contributed by atoms with Crippen molar-refractivity contribution in [1.82, 2.24) is 15.1 Å². The molecule has 3 rings (SSSR count). The number of nitrogens with one attached hydrogen (secondary N) is 1. The first-order chi connectivity index (χ1) is 16.5. The van der Waals surface area contributed by atoms with Gasteiger partial charge in [0.15, 0.2) is 0 Å². The fourth-order valence-corrected chi connectivity index (χ4v) is 3.36. The van der Waals surface area contributed by atoms with E-state index < -0.39 is 12.1 Å². The minimum Gasteiger partial charge on any atom is -0.497 e. The molecule has 0 aliphatic carbocycles. The van der Waals surface area contributed by atoms with E-state index in [9.17, 15) is 22.8 Å². The highest BCUT2D eigenvalue weighted by atomic mass is 35.5. The molecule has 1 fully saturated rings. The molecule has 2 N–H and O–H groups in total. The molecule has 0 radical (unpaired) electrons. The molecule has 1 heterocycles. The predicted molar refractivity (Wildman–Crippen MR) is 122 cm³/mol.